The van der Waals surface area contributed by atoms with Gasteiger partial charge in [-0.2, -0.15) is 0 Å². The highest BCUT2D eigenvalue weighted by molar-refractivity contribution is 7.89. The first kappa shape index (κ1) is 19.7. The summed E-state index contributed by atoms with van der Waals surface area (Å²) in [5, 5.41) is 10.3. The molecule has 0 aliphatic heterocycles. The van der Waals surface area contributed by atoms with Gasteiger partial charge < -0.3 is 16.8 Å². The number of nitrogens with zero attached hydrogens (tertiary/aromatic N) is 1. The van der Waals surface area contributed by atoms with Crippen molar-refractivity contribution in [2.75, 3.05) is 16.8 Å². The summed E-state index contributed by atoms with van der Waals surface area (Å²) in [6, 6.07) is 17.2. The van der Waals surface area contributed by atoms with Crippen molar-refractivity contribution < 1.29 is 8.42 Å². The molecule has 0 amide bonds. The van der Waals surface area contributed by atoms with Crippen LogP contribution in [0, 0.1) is 0 Å². The number of aromatic nitrogens is 1. The average molecular weight is 416 g/mol. The third-order valence-electron chi connectivity index (χ3n) is 4.28. The van der Waals surface area contributed by atoms with Crippen LogP contribution in [0.25, 0.3) is 21.8 Å². The van der Waals surface area contributed by atoms with E-state index in [1.54, 1.807) is 24.3 Å². The van der Waals surface area contributed by atoms with Crippen molar-refractivity contribution in [2.45, 2.75) is 4.90 Å². The van der Waals surface area contributed by atoms with Crippen LogP contribution in [0.5, 0.6) is 0 Å². The fourth-order valence-corrected chi connectivity index (χ4v) is 3.50. The summed E-state index contributed by atoms with van der Waals surface area (Å²) in [6.45, 7) is 0. The Morgan fingerprint density at radius 1 is 0.786 bits per heavy atom. The number of sulfonamides is 1. The number of nitrogens with two attached hydrogens (primary N) is 3. The normalized spacial score (nSPS) is 11.3. The van der Waals surface area contributed by atoms with E-state index in [9.17, 15) is 8.42 Å². The number of pyridine rings is 1. The summed E-state index contributed by atoms with van der Waals surface area (Å²) in [4.78, 5) is 4.71. The molecule has 1 heterocycles. The number of fused-ring (bicyclic) bond motifs is 2. The number of nitrogens with one attached hydrogen (secondary N) is 1. The molecule has 0 unspecified atom stereocenters. The third kappa shape index (κ3) is 3.65. The van der Waals surface area contributed by atoms with Crippen LogP contribution in [-0.4, -0.2) is 13.4 Å². The van der Waals surface area contributed by atoms with Crippen molar-refractivity contribution in [1.82, 2.24) is 4.98 Å². The topological polar surface area (TPSA) is 137 Å². The molecule has 0 atom stereocenters. The van der Waals surface area contributed by atoms with Crippen molar-refractivity contribution >= 4 is 67.0 Å². The fraction of sp³-hybridized carbons (Fsp3) is 0. The number of hydrogen-bond donors (Lipinski definition) is 4. The van der Waals surface area contributed by atoms with Crippen LogP contribution in [0.2, 0.25) is 0 Å². The van der Waals surface area contributed by atoms with Gasteiger partial charge in [0.05, 0.1) is 21.6 Å². The van der Waals surface area contributed by atoms with Crippen LogP contribution >= 0.6 is 12.4 Å². The standard InChI is InChI=1S/C19H17N5O2S.ClH/c20-11-1-7-15-17(9-11)24-18-10-12(21)2-8-16(18)19(15)23-13-3-5-14(6-4-13)27(22,25)26;/h1-10H,20-21H2,(H,23,24)(H2,22,25,26);1H. The van der Waals surface area contributed by atoms with Crippen molar-refractivity contribution in [3.63, 3.8) is 0 Å². The maximum absolute atomic E-state index is 11.4. The van der Waals surface area contributed by atoms with Crippen molar-refractivity contribution in [3.8, 4) is 0 Å². The molecule has 0 aliphatic carbocycles. The van der Waals surface area contributed by atoms with E-state index < -0.39 is 10.0 Å². The van der Waals surface area contributed by atoms with Gasteiger partial charge in [0.2, 0.25) is 10.0 Å². The van der Waals surface area contributed by atoms with Crippen molar-refractivity contribution in [1.29, 1.82) is 0 Å². The van der Waals surface area contributed by atoms with Crippen LogP contribution in [0.4, 0.5) is 22.7 Å². The maximum Gasteiger partial charge on any atom is 0.238 e. The largest absolute Gasteiger partial charge is 0.399 e. The SMILES string of the molecule is Cl.Nc1ccc2c(Nc3ccc(S(N)(=O)=O)cc3)c3ccc(N)cc3nc2c1. The molecule has 7 N–H and O–H groups in total. The Morgan fingerprint density at radius 2 is 1.29 bits per heavy atom. The monoisotopic (exact) mass is 415 g/mol. The van der Waals surface area contributed by atoms with E-state index in [4.69, 9.17) is 16.6 Å². The van der Waals surface area contributed by atoms with Gasteiger partial charge in [0.1, 0.15) is 0 Å². The molecule has 0 bridgehead atoms. The lowest BCUT2D eigenvalue weighted by molar-refractivity contribution is 0.598. The molecular weight excluding hydrogens is 398 g/mol. The molecule has 4 aromatic rings. The minimum atomic E-state index is -3.74. The molecule has 0 spiro atoms. The highest BCUT2D eigenvalue weighted by atomic mass is 35.5. The van der Waals surface area contributed by atoms with Gasteiger partial charge in [0.15, 0.2) is 0 Å². The molecule has 4 rings (SSSR count). The Labute approximate surface area is 168 Å². The summed E-state index contributed by atoms with van der Waals surface area (Å²) in [6.07, 6.45) is 0. The molecule has 0 aliphatic rings. The van der Waals surface area contributed by atoms with E-state index >= 15 is 0 Å². The first-order chi connectivity index (χ1) is 12.8. The number of benzene rings is 3. The molecule has 1 aromatic heterocycles. The van der Waals surface area contributed by atoms with Crippen molar-refractivity contribution in [2.24, 2.45) is 5.14 Å². The molecule has 0 saturated heterocycles. The second-order valence-corrected chi connectivity index (χ2v) is 7.80. The zero-order valence-corrected chi connectivity index (χ0v) is 16.2. The minimum Gasteiger partial charge on any atom is -0.399 e. The number of nitrogen functional groups attached to an aromatic ring is 2. The second-order valence-electron chi connectivity index (χ2n) is 6.23. The number of rotatable bonds is 3. The predicted octanol–water partition coefficient (Wildman–Crippen LogP) is 3.37. The Bertz CT molecular complexity index is 1230. The zero-order valence-electron chi connectivity index (χ0n) is 14.6. The zero-order chi connectivity index (χ0) is 19.2. The molecule has 7 nitrogen and oxygen atoms in total. The van der Waals surface area contributed by atoms with E-state index in [2.05, 4.69) is 10.3 Å². The van der Waals surface area contributed by atoms with E-state index in [0.29, 0.717) is 17.1 Å². The van der Waals surface area contributed by atoms with Crippen molar-refractivity contribution in [3.05, 3.63) is 60.7 Å². The molecule has 144 valence electrons. The maximum atomic E-state index is 11.4. The lowest BCUT2D eigenvalue weighted by Gasteiger charge is -2.14. The first-order valence-electron chi connectivity index (χ1n) is 8.10. The van der Waals surface area contributed by atoms with Crippen LogP contribution in [-0.2, 0) is 10.0 Å². The van der Waals surface area contributed by atoms with Gasteiger partial charge in [0, 0.05) is 27.8 Å². The van der Waals surface area contributed by atoms with Gasteiger partial charge in [-0.15, -0.1) is 12.4 Å². The molecule has 3 aromatic carbocycles. The minimum absolute atomic E-state index is 0. The van der Waals surface area contributed by atoms with Crippen LogP contribution in [0.1, 0.15) is 0 Å². The predicted molar refractivity (Wildman–Crippen MR) is 116 cm³/mol. The Kier molecular flexibility index (Phi) is 5.03. The Hall–Kier alpha value is -3.07. The van der Waals surface area contributed by atoms with E-state index in [1.165, 1.54) is 12.1 Å². The van der Waals surface area contributed by atoms with Crippen LogP contribution < -0.4 is 21.9 Å². The number of hydrogen-bond acceptors (Lipinski definition) is 6. The number of halogens is 1. The summed E-state index contributed by atoms with van der Waals surface area (Å²) in [5.41, 5.74) is 16.0. The van der Waals surface area contributed by atoms with E-state index in [0.717, 1.165) is 27.5 Å². The quantitative estimate of drug-likeness (QED) is 0.299. The molecule has 9 heteroatoms. The second kappa shape index (κ2) is 7.16. The average Bonchev–Trinajstić information content (AvgIpc) is 2.60. The van der Waals surface area contributed by atoms with E-state index in [-0.39, 0.29) is 17.3 Å². The lowest BCUT2D eigenvalue weighted by Crippen LogP contribution is -2.11. The molecule has 0 radical (unpaired) electrons. The summed E-state index contributed by atoms with van der Waals surface area (Å²) in [5.74, 6) is 0. The van der Waals surface area contributed by atoms with Crippen LogP contribution in [0.3, 0.4) is 0 Å². The summed E-state index contributed by atoms with van der Waals surface area (Å²) < 4.78 is 22.9. The Morgan fingerprint density at radius 3 is 1.75 bits per heavy atom. The molecular formula is C19H18ClN5O2S. The third-order valence-corrected chi connectivity index (χ3v) is 5.20. The van der Waals surface area contributed by atoms with Crippen LogP contribution in [0.15, 0.2) is 65.6 Å². The lowest BCUT2D eigenvalue weighted by atomic mass is 10.1. The Balaban J connectivity index is 0.00000225. The van der Waals surface area contributed by atoms with Gasteiger partial charge in [0.25, 0.3) is 0 Å². The smallest absolute Gasteiger partial charge is 0.238 e. The van der Waals surface area contributed by atoms with Gasteiger partial charge in [-0.1, -0.05) is 0 Å². The van der Waals surface area contributed by atoms with E-state index in [1.807, 2.05) is 24.3 Å². The van der Waals surface area contributed by atoms with Gasteiger partial charge in [-0.05, 0) is 60.7 Å². The summed E-state index contributed by atoms with van der Waals surface area (Å²) >= 11 is 0. The highest BCUT2D eigenvalue weighted by Crippen LogP contribution is 2.34. The van der Waals surface area contributed by atoms with Gasteiger partial charge >= 0.3 is 0 Å². The summed E-state index contributed by atoms with van der Waals surface area (Å²) in [7, 11) is -3.74. The molecule has 28 heavy (non-hydrogen) atoms. The first-order valence-corrected chi connectivity index (χ1v) is 9.64. The van der Waals surface area contributed by atoms with Gasteiger partial charge in [-0.3, -0.25) is 0 Å². The fourth-order valence-electron chi connectivity index (χ4n) is 2.99. The number of anilines is 4. The molecule has 0 saturated carbocycles. The van der Waals surface area contributed by atoms with Gasteiger partial charge in [-0.25, -0.2) is 18.5 Å². The highest BCUT2D eigenvalue weighted by Gasteiger charge is 2.12. The molecule has 0 fully saturated rings. The number of primary sulfonamides is 1.